The van der Waals surface area contributed by atoms with Crippen molar-refractivity contribution in [1.82, 2.24) is 4.90 Å². The minimum absolute atomic E-state index is 0.0304. The molecule has 4 heteroatoms. The van der Waals surface area contributed by atoms with Crippen LogP contribution in [0.25, 0.3) is 0 Å². The Bertz CT molecular complexity index is 317. The molecule has 0 radical (unpaired) electrons. The van der Waals surface area contributed by atoms with Crippen LogP contribution in [0.3, 0.4) is 0 Å². The molecule has 0 spiro atoms. The van der Waals surface area contributed by atoms with Crippen LogP contribution < -0.4 is 0 Å². The van der Waals surface area contributed by atoms with E-state index in [9.17, 15) is 9.59 Å². The highest BCUT2D eigenvalue weighted by molar-refractivity contribution is 5.84. The zero-order chi connectivity index (χ0) is 15.5. The van der Waals surface area contributed by atoms with Gasteiger partial charge >= 0.3 is 5.97 Å². The van der Waals surface area contributed by atoms with E-state index in [1.807, 2.05) is 0 Å². The van der Waals surface area contributed by atoms with Crippen LogP contribution in [-0.2, 0) is 9.59 Å². The number of unbranched alkanes of at least 4 members (excludes halogenated alkanes) is 8. The van der Waals surface area contributed by atoms with Crippen LogP contribution in [0.1, 0.15) is 84.0 Å². The average Bonchev–Trinajstić information content (AvgIpc) is 2.95. The first-order valence-corrected chi connectivity index (χ1v) is 8.69. The Hall–Kier alpha value is -1.06. The third-order valence-corrected chi connectivity index (χ3v) is 4.35. The summed E-state index contributed by atoms with van der Waals surface area (Å²) >= 11 is 0. The van der Waals surface area contributed by atoms with E-state index in [0.717, 1.165) is 19.3 Å². The first-order valence-electron chi connectivity index (χ1n) is 8.69. The second-order valence-corrected chi connectivity index (χ2v) is 6.16. The molecule has 1 atom stereocenters. The van der Waals surface area contributed by atoms with Crippen LogP contribution in [0.4, 0.5) is 0 Å². The van der Waals surface area contributed by atoms with Gasteiger partial charge in [0.2, 0.25) is 5.91 Å². The predicted octanol–water partition coefficient (Wildman–Crippen LogP) is 3.98. The maximum atomic E-state index is 12.0. The van der Waals surface area contributed by atoms with Crippen molar-refractivity contribution < 1.29 is 14.7 Å². The number of hydrogen-bond acceptors (Lipinski definition) is 2. The second-order valence-electron chi connectivity index (χ2n) is 6.16. The fourth-order valence-corrected chi connectivity index (χ4v) is 3.05. The van der Waals surface area contributed by atoms with Crippen LogP contribution in [0.2, 0.25) is 0 Å². The molecule has 0 bridgehead atoms. The van der Waals surface area contributed by atoms with Crippen molar-refractivity contribution >= 4 is 11.9 Å². The Balaban J connectivity index is 2.02. The van der Waals surface area contributed by atoms with Crippen LogP contribution in [0.15, 0.2) is 0 Å². The highest BCUT2D eigenvalue weighted by Gasteiger charge is 2.33. The van der Waals surface area contributed by atoms with Crippen molar-refractivity contribution in [1.29, 1.82) is 0 Å². The molecule has 1 aliphatic heterocycles. The standard InChI is InChI=1S/C17H31NO3/c1-2-3-4-5-6-7-8-9-10-13-16(19)18-14-11-12-15(18)17(20)21/h15H,2-14H2,1H3,(H,20,21). The molecular weight excluding hydrogens is 266 g/mol. The lowest BCUT2D eigenvalue weighted by atomic mass is 10.1. The molecule has 1 fully saturated rings. The van der Waals surface area contributed by atoms with Gasteiger partial charge in [0.25, 0.3) is 0 Å². The summed E-state index contributed by atoms with van der Waals surface area (Å²) in [6, 6.07) is -0.573. The van der Waals surface area contributed by atoms with Gasteiger partial charge in [-0.1, -0.05) is 58.3 Å². The summed E-state index contributed by atoms with van der Waals surface area (Å²) in [4.78, 5) is 24.6. The minimum atomic E-state index is -0.854. The predicted molar refractivity (Wildman–Crippen MR) is 84.2 cm³/mol. The number of likely N-dealkylation sites (tertiary alicyclic amines) is 1. The Kier molecular flexibility index (Phi) is 9.11. The van der Waals surface area contributed by atoms with Crippen molar-refractivity contribution in [3.8, 4) is 0 Å². The molecular formula is C17H31NO3. The molecule has 0 aromatic rings. The monoisotopic (exact) mass is 297 g/mol. The molecule has 1 heterocycles. The molecule has 21 heavy (non-hydrogen) atoms. The summed E-state index contributed by atoms with van der Waals surface area (Å²) < 4.78 is 0. The van der Waals surface area contributed by atoms with E-state index in [1.54, 1.807) is 4.90 Å². The molecule has 1 unspecified atom stereocenters. The fraction of sp³-hybridized carbons (Fsp3) is 0.882. The zero-order valence-electron chi connectivity index (χ0n) is 13.5. The smallest absolute Gasteiger partial charge is 0.326 e. The maximum absolute atomic E-state index is 12.0. The van der Waals surface area contributed by atoms with Gasteiger partial charge in [0.1, 0.15) is 6.04 Å². The molecule has 1 N–H and O–H groups in total. The third kappa shape index (κ3) is 6.96. The number of carboxylic acid groups (broad SMARTS) is 1. The number of rotatable bonds is 11. The van der Waals surface area contributed by atoms with Gasteiger partial charge in [-0.2, -0.15) is 0 Å². The van der Waals surface area contributed by atoms with Crippen LogP contribution in [0, 0.1) is 0 Å². The Morgan fingerprint density at radius 2 is 1.57 bits per heavy atom. The van der Waals surface area contributed by atoms with Gasteiger partial charge in [0.15, 0.2) is 0 Å². The zero-order valence-corrected chi connectivity index (χ0v) is 13.5. The summed E-state index contributed by atoms with van der Waals surface area (Å²) in [6.45, 7) is 2.85. The van der Waals surface area contributed by atoms with E-state index in [-0.39, 0.29) is 5.91 Å². The van der Waals surface area contributed by atoms with Crippen LogP contribution >= 0.6 is 0 Å². The molecule has 1 rings (SSSR count). The Labute approximate surface area is 128 Å². The van der Waals surface area contributed by atoms with Crippen LogP contribution in [-0.4, -0.2) is 34.5 Å². The molecule has 1 saturated heterocycles. The number of aliphatic carboxylic acids is 1. The molecule has 4 nitrogen and oxygen atoms in total. The van der Waals surface area contributed by atoms with E-state index in [0.29, 0.717) is 19.4 Å². The molecule has 0 aromatic heterocycles. The third-order valence-electron chi connectivity index (χ3n) is 4.35. The van der Waals surface area contributed by atoms with Crippen molar-refractivity contribution in [3.63, 3.8) is 0 Å². The summed E-state index contributed by atoms with van der Waals surface area (Å²) in [5.74, 6) is -0.823. The topological polar surface area (TPSA) is 57.6 Å². The Morgan fingerprint density at radius 3 is 2.14 bits per heavy atom. The van der Waals surface area contributed by atoms with Crippen molar-refractivity contribution in [3.05, 3.63) is 0 Å². The molecule has 0 aromatic carbocycles. The quantitative estimate of drug-likeness (QED) is 0.587. The van der Waals surface area contributed by atoms with E-state index >= 15 is 0 Å². The van der Waals surface area contributed by atoms with Gasteiger partial charge in [-0.3, -0.25) is 4.79 Å². The SMILES string of the molecule is CCCCCCCCCCCC(=O)N1CCCC1C(=O)O. The number of amides is 1. The first kappa shape index (κ1) is 18.0. The second kappa shape index (κ2) is 10.6. The van der Waals surface area contributed by atoms with E-state index in [1.165, 1.54) is 44.9 Å². The molecule has 0 saturated carbocycles. The molecule has 0 aliphatic carbocycles. The first-order chi connectivity index (χ1) is 10.2. The number of nitrogens with zero attached hydrogens (tertiary/aromatic N) is 1. The lowest BCUT2D eigenvalue weighted by molar-refractivity contribution is -0.148. The van der Waals surface area contributed by atoms with Gasteiger partial charge in [-0.05, 0) is 19.3 Å². The Morgan fingerprint density at radius 1 is 1.00 bits per heavy atom. The van der Waals surface area contributed by atoms with Gasteiger partial charge in [-0.15, -0.1) is 0 Å². The highest BCUT2D eigenvalue weighted by atomic mass is 16.4. The largest absolute Gasteiger partial charge is 0.480 e. The van der Waals surface area contributed by atoms with Crippen molar-refractivity contribution in [2.45, 2.75) is 90.0 Å². The van der Waals surface area contributed by atoms with Gasteiger partial charge < -0.3 is 10.0 Å². The fourth-order valence-electron chi connectivity index (χ4n) is 3.05. The van der Waals surface area contributed by atoms with E-state index in [2.05, 4.69) is 6.92 Å². The molecule has 1 aliphatic rings. The number of hydrogen-bond donors (Lipinski definition) is 1. The molecule has 122 valence electrons. The summed E-state index contributed by atoms with van der Waals surface area (Å²) in [6.07, 6.45) is 13.0. The highest BCUT2D eigenvalue weighted by Crippen LogP contribution is 2.19. The van der Waals surface area contributed by atoms with Crippen molar-refractivity contribution in [2.24, 2.45) is 0 Å². The van der Waals surface area contributed by atoms with E-state index in [4.69, 9.17) is 5.11 Å². The van der Waals surface area contributed by atoms with Gasteiger partial charge in [0.05, 0.1) is 0 Å². The summed E-state index contributed by atoms with van der Waals surface area (Å²) in [5.41, 5.74) is 0. The normalized spacial score (nSPS) is 18.1. The van der Waals surface area contributed by atoms with Gasteiger partial charge in [0, 0.05) is 13.0 Å². The van der Waals surface area contributed by atoms with Crippen molar-refractivity contribution in [2.75, 3.05) is 6.54 Å². The number of carbonyl (C=O) groups is 2. The van der Waals surface area contributed by atoms with Gasteiger partial charge in [-0.25, -0.2) is 4.79 Å². The number of carbonyl (C=O) groups excluding carboxylic acids is 1. The minimum Gasteiger partial charge on any atom is -0.480 e. The number of carboxylic acids is 1. The maximum Gasteiger partial charge on any atom is 0.326 e. The lowest BCUT2D eigenvalue weighted by Crippen LogP contribution is -2.40. The molecule has 1 amide bonds. The summed E-state index contributed by atoms with van der Waals surface area (Å²) in [5, 5.41) is 9.07. The van der Waals surface area contributed by atoms with E-state index < -0.39 is 12.0 Å². The average molecular weight is 297 g/mol. The summed E-state index contributed by atoms with van der Waals surface area (Å²) in [7, 11) is 0. The van der Waals surface area contributed by atoms with Crippen LogP contribution in [0.5, 0.6) is 0 Å². The lowest BCUT2D eigenvalue weighted by Gasteiger charge is -2.21.